The van der Waals surface area contributed by atoms with Gasteiger partial charge in [0.1, 0.15) is 0 Å². The third-order valence-electron chi connectivity index (χ3n) is 5.32. The second kappa shape index (κ2) is 7.55. The highest BCUT2D eigenvalue weighted by molar-refractivity contribution is 4.95. The Kier molecular flexibility index (Phi) is 5.47. The van der Waals surface area contributed by atoms with Crippen molar-refractivity contribution in [3.05, 3.63) is 11.9 Å². The summed E-state index contributed by atoms with van der Waals surface area (Å²) in [7, 11) is 2.18. The molecular formula is C17H30N4O. The number of aromatic nitrogens is 3. The summed E-state index contributed by atoms with van der Waals surface area (Å²) in [6.07, 6.45) is 13.0. The Labute approximate surface area is 133 Å². The van der Waals surface area contributed by atoms with Gasteiger partial charge in [-0.25, -0.2) is 4.68 Å². The molecule has 3 rings (SSSR count). The van der Waals surface area contributed by atoms with Crippen molar-refractivity contribution >= 4 is 0 Å². The molecule has 2 aliphatic rings. The number of rotatable bonds is 5. The first-order valence-corrected chi connectivity index (χ1v) is 8.99. The predicted molar refractivity (Wildman–Crippen MR) is 86.4 cm³/mol. The standard InChI is InChI=1S/C17H30N4O/c1-20(11-14-7-3-2-4-8-14)12-15-13-21(19-18-15)16-9-5-6-10-17(16)22/h13-14,16-17,22H,2-12H2,1H3. The van der Waals surface area contributed by atoms with Crippen LogP contribution in [0.2, 0.25) is 0 Å². The lowest BCUT2D eigenvalue weighted by molar-refractivity contribution is 0.0685. The Bertz CT molecular complexity index is 455. The van der Waals surface area contributed by atoms with Crippen LogP contribution in [-0.2, 0) is 6.54 Å². The molecule has 2 atom stereocenters. The second-order valence-corrected chi connectivity index (χ2v) is 7.31. The second-order valence-electron chi connectivity index (χ2n) is 7.31. The molecule has 124 valence electrons. The summed E-state index contributed by atoms with van der Waals surface area (Å²) in [5, 5.41) is 18.7. The molecule has 22 heavy (non-hydrogen) atoms. The lowest BCUT2D eigenvalue weighted by Crippen LogP contribution is -2.28. The minimum atomic E-state index is -0.261. The van der Waals surface area contributed by atoms with Crippen molar-refractivity contribution in [3.63, 3.8) is 0 Å². The molecule has 2 saturated carbocycles. The van der Waals surface area contributed by atoms with Crippen molar-refractivity contribution in [2.24, 2.45) is 5.92 Å². The van der Waals surface area contributed by atoms with Crippen molar-refractivity contribution in [2.45, 2.75) is 76.5 Å². The van der Waals surface area contributed by atoms with Gasteiger partial charge in [0, 0.05) is 13.1 Å². The zero-order valence-corrected chi connectivity index (χ0v) is 13.8. The monoisotopic (exact) mass is 306 g/mol. The van der Waals surface area contributed by atoms with E-state index in [0.29, 0.717) is 0 Å². The smallest absolute Gasteiger partial charge is 0.0967 e. The Balaban J connectivity index is 1.52. The molecule has 0 spiro atoms. The fourth-order valence-electron chi connectivity index (χ4n) is 4.10. The first kappa shape index (κ1) is 15.9. The summed E-state index contributed by atoms with van der Waals surface area (Å²) in [6.45, 7) is 2.03. The first-order valence-electron chi connectivity index (χ1n) is 8.99. The van der Waals surface area contributed by atoms with Crippen molar-refractivity contribution in [3.8, 4) is 0 Å². The zero-order valence-electron chi connectivity index (χ0n) is 13.8. The van der Waals surface area contributed by atoms with Gasteiger partial charge in [0.15, 0.2) is 0 Å². The minimum Gasteiger partial charge on any atom is -0.391 e. The van der Waals surface area contributed by atoms with Crippen LogP contribution in [0.4, 0.5) is 0 Å². The number of aliphatic hydroxyl groups excluding tert-OH is 1. The molecule has 0 aliphatic heterocycles. The van der Waals surface area contributed by atoms with E-state index in [4.69, 9.17) is 0 Å². The number of hydrogen-bond acceptors (Lipinski definition) is 4. The highest BCUT2D eigenvalue weighted by atomic mass is 16.3. The average Bonchev–Trinajstić information content (AvgIpc) is 2.97. The molecule has 0 amide bonds. The van der Waals surface area contributed by atoms with Crippen LogP contribution >= 0.6 is 0 Å². The van der Waals surface area contributed by atoms with Crippen LogP contribution < -0.4 is 0 Å². The maximum atomic E-state index is 10.1. The molecule has 5 heteroatoms. The van der Waals surface area contributed by atoms with Crippen molar-refractivity contribution in [1.29, 1.82) is 0 Å². The summed E-state index contributed by atoms with van der Waals surface area (Å²) in [5.74, 6) is 0.856. The van der Waals surface area contributed by atoms with Crippen molar-refractivity contribution in [1.82, 2.24) is 19.9 Å². The summed E-state index contributed by atoms with van der Waals surface area (Å²) < 4.78 is 1.90. The van der Waals surface area contributed by atoms with Crippen LogP contribution in [-0.4, -0.2) is 44.7 Å². The lowest BCUT2D eigenvalue weighted by Gasteiger charge is -2.27. The van der Waals surface area contributed by atoms with Crippen LogP contribution in [0.3, 0.4) is 0 Å². The topological polar surface area (TPSA) is 54.2 Å². The average molecular weight is 306 g/mol. The van der Waals surface area contributed by atoms with Gasteiger partial charge < -0.3 is 10.0 Å². The molecule has 0 radical (unpaired) electrons. The molecule has 2 aliphatic carbocycles. The highest BCUT2D eigenvalue weighted by Gasteiger charge is 2.25. The van der Waals surface area contributed by atoms with E-state index in [-0.39, 0.29) is 12.1 Å². The first-order chi connectivity index (χ1) is 10.7. The molecule has 1 aromatic heterocycles. The van der Waals surface area contributed by atoms with E-state index in [2.05, 4.69) is 22.3 Å². The van der Waals surface area contributed by atoms with Crippen LogP contribution in [0.1, 0.15) is 69.5 Å². The third kappa shape index (κ3) is 4.07. The summed E-state index contributed by atoms with van der Waals surface area (Å²) >= 11 is 0. The van der Waals surface area contributed by atoms with E-state index in [0.717, 1.165) is 37.4 Å². The van der Waals surface area contributed by atoms with E-state index in [1.807, 2.05) is 10.9 Å². The van der Waals surface area contributed by atoms with Gasteiger partial charge >= 0.3 is 0 Å². The molecule has 0 bridgehead atoms. The maximum Gasteiger partial charge on any atom is 0.0967 e. The Morgan fingerprint density at radius 3 is 2.64 bits per heavy atom. The van der Waals surface area contributed by atoms with Crippen molar-refractivity contribution < 1.29 is 5.11 Å². The molecular weight excluding hydrogens is 276 g/mol. The van der Waals surface area contributed by atoms with E-state index >= 15 is 0 Å². The minimum absolute atomic E-state index is 0.124. The molecule has 0 saturated heterocycles. The largest absolute Gasteiger partial charge is 0.391 e. The SMILES string of the molecule is CN(Cc1cn(C2CCCCC2O)nn1)CC1CCCCC1. The van der Waals surface area contributed by atoms with Gasteiger partial charge in [-0.2, -0.15) is 0 Å². The Hall–Kier alpha value is -0.940. The van der Waals surface area contributed by atoms with Gasteiger partial charge in [-0.1, -0.05) is 37.3 Å². The van der Waals surface area contributed by atoms with Gasteiger partial charge in [0.2, 0.25) is 0 Å². The molecule has 2 fully saturated rings. The molecule has 2 unspecified atom stereocenters. The summed E-state index contributed by atoms with van der Waals surface area (Å²) in [4.78, 5) is 2.38. The predicted octanol–water partition coefficient (Wildman–Crippen LogP) is 2.77. The zero-order chi connectivity index (χ0) is 15.4. The highest BCUT2D eigenvalue weighted by Crippen LogP contribution is 2.28. The van der Waals surface area contributed by atoms with Crippen LogP contribution in [0.25, 0.3) is 0 Å². The van der Waals surface area contributed by atoms with E-state index in [1.165, 1.54) is 45.1 Å². The molecule has 1 N–H and O–H groups in total. The molecule has 1 aromatic rings. The fourth-order valence-corrected chi connectivity index (χ4v) is 4.10. The Morgan fingerprint density at radius 2 is 1.86 bits per heavy atom. The van der Waals surface area contributed by atoms with Gasteiger partial charge in [-0.05, 0) is 38.6 Å². The molecule has 5 nitrogen and oxygen atoms in total. The maximum absolute atomic E-state index is 10.1. The third-order valence-corrected chi connectivity index (χ3v) is 5.32. The van der Waals surface area contributed by atoms with Crippen LogP contribution in [0.5, 0.6) is 0 Å². The van der Waals surface area contributed by atoms with Gasteiger partial charge in [-0.15, -0.1) is 5.10 Å². The Morgan fingerprint density at radius 1 is 1.14 bits per heavy atom. The van der Waals surface area contributed by atoms with Crippen LogP contribution in [0.15, 0.2) is 6.20 Å². The van der Waals surface area contributed by atoms with Crippen LogP contribution in [0, 0.1) is 5.92 Å². The van der Waals surface area contributed by atoms with E-state index in [9.17, 15) is 5.11 Å². The van der Waals surface area contributed by atoms with E-state index < -0.39 is 0 Å². The summed E-state index contributed by atoms with van der Waals surface area (Å²) in [5.41, 5.74) is 1.02. The van der Waals surface area contributed by atoms with Gasteiger partial charge in [-0.3, -0.25) is 0 Å². The lowest BCUT2D eigenvalue weighted by atomic mass is 9.89. The fraction of sp³-hybridized carbons (Fsp3) is 0.882. The summed E-state index contributed by atoms with van der Waals surface area (Å²) in [6, 6.07) is 0.124. The normalized spacial score (nSPS) is 27.4. The quantitative estimate of drug-likeness (QED) is 0.909. The number of hydrogen-bond donors (Lipinski definition) is 1. The van der Waals surface area contributed by atoms with Gasteiger partial charge in [0.25, 0.3) is 0 Å². The van der Waals surface area contributed by atoms with Gasteiger partial charge in [0.05, 0.1) is 24.0 Å². The van der Waals surface area contributed by atoms with Crippen molar-refractivity contribution in [2.75, 3.05) is 13.6 Å². The molecule has 1 heterocycles. The number of nitrogens with zero attached hydrogens (tertiary/aromatic N) is 4. The van der Waals surface area contributed by atoms with E-state index in [1.54, 1.807) is 0 Å². The number of aliphatic hydroxyl groups is 1. The molecule has 0 aromatic carbocycles.